The van der Waals surface area contributed by atoms with Crippen LogP contribution in [-0.2, 0) is 0 Å². The normalized spacial score (nSPS) is 10.5. The third kappa shape index (κ3) is 2.85. The SMILES string of the molecule is CNc1nc(-c2cccnc2)nc2cc(-c3ccc(C#N)cc3)ccc12. The van der Waals surface area contributed by atoms with E-state index in [-0.39, 0.29) is 0 Å². The number of fused-ring (bicyclic) bond motifs is 1. The van der Waals surface area contributed by atoms with Crippen molar-refractivity contribution in [1.82, 2.24) is 15.0 Å². The topological polar surface area (TPSA) is 74.5 Å². The number of anilines is 1. The summed E-state index contributed by atoms with van der Waals surface area (Å²) in [5.41, 5.74) is 4.45. The number of nitrogens with one attached hydrogen (secondary N) is 1. The fourth-order valence-corrected chi connectivity index (χ4v) is 2.86. The fraction of sp³-hybridized carbons (Fsp3) is 0.0476. The molecule has 0 radical (unpaired) electrons. The summed E-state index contributed by atoms with van der Waals surface area (Å²) in [5, 5.41) is 13.1. The highest BCUT2D eigenvalue weighted by Gasteiger charge is 2.10. The Kier molecular flexibility index (Phi) is 4.00. The van der Waals surface area contributed by atoms with Gasteiger partial charge in [-0.25, -0.2) is 9.97 Å². The quantitative estimate of drug-likeness (QED) is 0.604. The lowest BCUT2D eigenvalue weighted by Gasteiger charge is -2.10. The van der Waals surface area contributed by atoms with Crippen molar-refractivity contribution < 1.29 is 0 Å². The van der Waals surface area contributed by atoms with Crippen molar-refractivity contribution in [2.24, 2.45) is 0 Å². The van der Waals surface area contributed by atoms with Crippen LogP contribution in [0.2, 0.25) is 0 Å². The zero-order valence-electron chi connectivity index (χ0n) is 14.1. The second-order valence-electron chi connectivity index (χ2n) is 5.81. The maximum Gasteiger partial charge on any atom is 0.163 e. The Morgan fingerprint density at radius 3 is 2.42 bits per heavy atom. The largest absolute Gasteiger partial charge is 0.373 e. The molecule has 124 valence electrons. The van der Waals surface area contributed by atoms with Crippen LogP contribution >= 0.6 is 0 Å². The monoisotopic (exact) mass is 337 g/mol. The number of aromatic nitrogens is 3. The lowest BCUT2D eigenvalue weighted by Crippen LogP contribution is -1.99. The van der Waals surface area contributed by atoms with Crippen molar-refractivity contribution in [3.8, 4) is 28.6 Å². The van der Waals surface area contributed by atoms with Crippen LogP contribution in [0.25, 0.3) is 33.4 Å². The van der Waals surface area contributed by atoms with Crippen LogP contribution in [0.4, 0.5) is 5.82 Å². The minimum atomic E-state index is 0.631. The molecule has 26 heavy (non-hydrogen) atoms. The third-order valence-corrected chi connectivity index (χ3v) is 4.20. The van der Waals surface area contributed by atoms with Crippen LogP contribution < -0.4 is 5.32 Å². The van der Waals surface area contributed by atoms with Gasteiger partial charge in [-0.3, -0.25) is 4.98 Å². The van der Waals surface area contributed by atoms with Gasteiger partial charge in [-0.15, -0.1) is 0 Å². The molecule has 0 aliphatic heterocycles. The molecule has 0 aliphatic rings. The van der Waals surface area contributed by atoms with E-state index in [0.29, 0.717) is 11.4 Å². The smallest absolute Gasteiger partial charge is 0.163 e. The third-order valence-electron chi connectivity index (χ3n) is 4.20. The number of pyridine rings is 1. The molecule has 2 heterocycles. The zero-order chi connectivity index (χ0) is 17.9. The molecule has 5 nitrogen and oxygen atoms in total. The first-order valence-corrected chi connectivity index (χ1v) is 8.19. The Morgan fingerprint density at radius 2 is 1.73 bits per heavy atom. The molecule has 5 heteroatoms. The van der Waals surface area contributed by atoms with Crippen molar-refractivity contribution in [1.29, 1.82) is 5.26 Å². The molecular weight excluding hydrogens is 322 g/mol. The highest BCUT2D eigenvalue weighted by molar-refractivity contribution is 5.93. The summed E-state index contributed by atoms with van der Waals surface area (Å²) in [7, 11) is 1.85. The van der Waals surface area contributed by atoms with E-state index in [2.05, 4.69) is 21.4 Å². The minimum Gasteiger partial charge on any atom is -0.373 e. The first kappa shape index (κ1) is 15.7. The minimum absolute atomic E-state index is 0.631. The Morgan fingerprint density at radius 1 is 0.923 bits per heavy atom. The van der Waals surface area contributed by atoms with Crippen molar-refractivity contribution in [3.63, 3.8) is 0 Å². The van der Waals surface area contributed by atoms with Crippen molar-refractivity contribution in [2.75, 3.05) is 12.4 Å². The predicted octanol–water partition coefficient (Wildman–Crippen LogP) is 4.27. The predicted molar refractivity (Wildman–Crippen MR) is 102 cm³/mol. The molecule has 2 aromatic heterocycles. The maximum atomic E-state index is 8.96. The standard InChI is InChI=1S/C21H15N5/c1-23-21-18-9-8-16(15-6-4-14(12-22)5-7-15)11-19(18)25-20(26-21)17-3-2-10-24-13-17/h2-11,13H,1H3,(H,23,25,26). The van der Waals surface area contributed by atoms with Gasteiger partial charge in [-0.2, -0.15) is 5.26 Å². The number of rotatable bonds is 3. The van der Waals surface area contributed by atoms with E-state index in [1.165, 1.54) is 0 Å². The second kappa shape index (κ2) is 6.61. The van der Waals surface area contributed by atoms with E-state index >= 15 is 0 Å². The average Bonchev–Trinajstić information content (AvgIpc) is 2.73. The summed E-state index contributed by atoms with van der Waals surface area (Å²) in [6.07, 6.45) is 3.48. The van der Waals surface area contributed by atoms with Crippen LogP contribution in [0.1, 0.15) is 5.56 Å². The van der Waals surface area contributed by atoms with Gasteiger partial charge in [0.2, 0.25) is 0 Å². The highest BCUT2D eigenvalue weighted by Crippen LogP contribution is 2.29. The van der Waals surface area contributed by atoms with Gasteiger partial charge < -0.3 is 5.32 Å². The van der Waals surface area contributed by atoms with Gasteiger partial charge in [-0.05, 0) is 47.5 Å². The Labute approximate surface area is 151 Å². The summed E-state index contributed by atoms with van der Waals surface area (Å²) in [6.45, 7) is 0. The lowest BCUT2D eigenvalue weighted by molar-refractivity contribution is 1.20. The van der Waals surface area contributed by atoms with E-state index < -0.39 is 0 Å². The Balaban J connectivity index is 1.87. The van der Waals surface area contributed by atoms with E-state index in [9.17, 15) is 0 Å². The molecule has 4 aromatic rings. The van der Waals surface area contributed by atoms with Gasteiger partial charge in [-0.1, -0.05) is 18.2 Å². The molecule has 0 bridgehead atoms. The molecule has 1 N–H and O–H groups in total. The van der Waals surface area contributed by atoms with Gasteiger partial charge in [0, 0.05) is 30.4 Å². The average molecular weight is 337 g/mol. The molecule has 0 saturated heterocycles. The highest BCUT2D eigenvalue weighted by atomic mass is 15.0. The van der Waals surface area contributed by atoms with E-state index in [0.717, 1.165) is 33.4 Å². The van der Waals surface area contributed by atoms with Gasteiger partial charge >= 0.3 is 0 Å². The molecule has 0 unspecified atom stereocenters. The van der Waals surface area contributed by atoms with Crippen molar-refractivity contribution >= 4 is 16.7 Å². The van der Waals surface area contributed by atoms with Crippen molar-refractivity contribution in [3.05, 3.63) is 72.6 Å². The second-order valence-corrected chi connectivity index (χ2v) is 5.81. The summed E-state index contributed by atoms with van der Waals surface area (Å²) >= 11 is 0. The zero-order valence-corrected chi connectivity index (χ0v) is 14.1. The van der Waals surface area contributed by atoms with Crippen LogP contribution in [0.5, 0.6) is 0 Å². The van der Waals surface area contributed by atoms with E-state index in [1.807, 2.05) is 61.6 Å². The molecular formula is C21H15N5. The van der Waals surface area contributed by atoms with Crippen LogP contribution in [0.15, 0.2) is 67.0 Å². The van der Waals surface area contributed by atoms with Crippen LogP contribution in [0.3, 0.4) is 0 Å². The summed E-state index contributed by atoms with van der Waals surface area (Å²) in [6, 6.07) is 19.6. The lowest BCUT2D eigenvalue weighted by atomic mass is 10.0. The van der Waals surface area contributed by atoms with Crippen LogP contribution in [-0.4, -0.2) is 22.0 Å². The number of hydrogen-bond acceptors (Lipinski definition) is 5. The van der Waals surface area contributed by atoms with Gasteiger partial charge in [0.25, 0.3) is 0 Å². The Hall–Kier alpha value is -3.78. The molecule has 0 fully saturated rings. The molecule has 0 amide bonds. The fourth-order valence-electron chi connectivity index (χ4n) is 2.86. The summed E-state index contributed by atoms with van der Waals surface area (Å²) in [4.78, 5) is 13.5. The molecule has 0 atom stereocenters. The number of benzene rings is 2. The summed E-state index contributed by atoms with van der Waals surface area (Å²) < 4.78 is 0. The van der Waals surface area contributed by atoms with Gasteiger partial charge in [0.15, 0.2) is 5.82 Å². The summed E-state index contributed by atoms with van der Waals surface area (Å²) in [5.74, 6) is 1.41. The molecule has 0 aliphatic carbocycles. The number of hydrogen-bond donors (Lipinski definition) is 1. The molecule has 0 spiro atoms. The molecule has 0 saturated carbocycles. The first-order chi connectivity index (χ1) is 12.8. The Bertz CT molecular complexity index is 1110. The van der Waals surface area contributed by atoms with E-state index in [1.54, 1.807) is 12.4 Å². The number of nitriles is 1. The van der Waals surface area contributed by atoms with E-state index in [4.69, 9.17) is 10.2 Å². The van der Waals surface area contributed by atoms with Crippen molar-refractivity contribution in [2.45, 2.75) is 0 Å². The number of nitrogens with zero attached hydrogens (tertiary/aromatic N) is 4. The van der Waals surface area contributed by atoms with Gasteiger partial charge in [0.1, 0.15) is 5.82 Å². The maximum absolute atomic E-state index is 8.96. The van der Waals surface area contributed by atoms with Crippen LogP contribution in [0, 0.1) is 11.3 Å². The molecule has 4 rings (SSSR count). The molecule has 2 aromatic carbocycles. The first-order valence-electron chi connectivity index (χ1n) is 8.19. The van der Waals surface area contributed by atoms with Gasteiger partial charge in [0.05, 0.1) is 17.1 Å².